The Balaban J connectivity index is 2.72. The van der Waals surface area contributed by atoms with Crippen molar-refractivity contribution in [2.24, 2.45) is 0 Å². The first-order chi connectivity index (χ1) is 7.91. The average molecular weight is 277 g/mol. The zero-order valence-corrected chi connectivity index (χ0v) is 10.3. The summed E-state index contributed by atoms with van der Waals surface area (Å²) < 4.78 is 0. The Morgan fingerprint density at radius 1 is 1.29 bits per heavy atom. The average Bonchev–Trinajstić information content (AvgIpc) is 2.23. The summed E-state index contributed by atoms with van der Waals surface area (Å²) in [7, 11) is 0. The molecule has 0 saturated heterocycles. The number of nitrogens with one attached hydrogen (secondary N) is 2. The lowest BCUT2D eigenvalue weighted by Gasteiger charge is -2.12. The molecule has 0 spiro atoms. The lowest BCUT2D eigenvalue weighted by molar-refractivity contribution is -0.138. The molecule has 0 saturated carbocycles. The minimum atomic E-state index is -1.13. The molecule has 1 aromatic carbocycles. The molecule has 0 aliphatic rings. The topological polar surface area (TPSA) is 78.4 Å². The molecule has 2 amide bonds. The Morgan fingerprint density at radius 2 is 1.82 bits per heavy atom. The van der Waals surface area contributed by atoms with Gasteiger partial charge in [0, 0.05) is 0 Å². The van der Waals surface area contributed by atoms with Gasteiger partial charge in [-0.3, -0.25) is 4.79 Å². The van der Waals surface area contributed by atoms with Crippen molar-refractivity contribution < 1.29 is 14.7 Å². The first-order valence-corrected chi connectivity index (χ1v) is 5.41. The number of urea groups is 1. The molecular weight excluding hydrogens is 267 g/mol. The Hall–Kier alpha value is -1.46. The van der Waals surface area contributed by atoms with Crippen LogP contribution in [0, 0.1) is 0 Å². The molecule has 0 heterocycles. The van der Waals surface area contributed by atoms with E-state index in [2.05, 4.69) is 10.6 Å². The van der Waals surface area contributed by atoms with Gasteiger partial charge in [-0.2, -0.15) is 0 Å². The van der Waals surface area contributed by atoms with E-state index in [0.717, 1.165) is 0 Å². The SMILES string of the molecule is C[C@H](NC(=O)Nc1c(Cl)cccc1Cl)C(=O)O. The van der Waals surface area contributed by atoms with Crippen LogP contribution in [0.5, 0.6) is 0 Å². The predicted molar refractivity (Wildman–Crippen MR) is 65.7 cm³/mol. The van der Waals surface area contributed by atoms with E-state index in [-0.39, 0.29) is 15.7 Å². The third-order valence-corrected chi connectivity index (χ3v) is 2.55. The summed E-state index contributed by atoms with van der Waals surface area (Å²) in [6.45, 7) is 1.34. The number of amides is 2. The highest BCUT2D eigenvalue weighted by molar-refractivity contribution is 6.39. The van der Waals surface area contributed by atoms with Crippen molar-refractivity contribution in [3.8, 4) is 0 Å². The smallest absolute Gasteiger partial charge is 0.325 e. The maximum Gasteiger partial charge on any atom is 0.325 e. The van der Waals surface area contributed by atoms with E-state index in [1.807, 2.05) is 0 Å². The van der Waals surface area contributed by atoms with Crippen LogP contribution in [0.4, 0.5) is 10.5 Å². The number of aliphatic carboxylic acids is 1. The molecule has 0 bridgehead atoms. The van der Waals surface area contributed by atoms with Gasteiger partial charge in [0.25, 0.3) is 0 Å². The van der Waals surface area contributed by atoms with E-state index in [4.69, 9.17) is 28.3 Å². The molecule has 1 aromatic rings. The quantitative estimate of drug-likeness (QED) is 0.794. The van der Waals surface area contributed by atoms with Crippen molar-refractivity contribution in [1.82, 2.24) is 5.32 Å². The summed E-state index contributed by atoms with van der Waals surface area (Å²) in [6, 6.07) is 3.06. The fraction of sp³-hybridized carbons (Fsp3) is 0.200. The van der Waals surface area contributed by atoms with E-state index >= 15 is 0 Å². The number of rotatable bonds is 3. The summed E-state index contributed by atoms with van der Waals surface area (Å²) in [5, 5.41) is 13.8. The van der Waals surface area contributed by atoms with Crippen LogP contribution in [0.1, 0.15) is 6.92 Å². The van der Waals surface area contributed by atoms with Crippen LogP contribution < -0.4 is 10.6 Å². The van der Waals surface area contributed by atoms with Gasteiger partial charge in [0.05, 0.1) is 15.7 Å². The second-order valence-corrected chi connectivity index (χ2v) is 4.07. The molecule has 0 fully saturated rings. The Bertz CT molecular complexity index is 431. The van der Waals surface area contributed by atoms with Gasteiger partial charge in [-0.1, -0.05) is 29.3 Å². The number of carbonyl (C=O) groups is 2. The standard InChI is InChI=1S/C10H10Cl2N2O3/c1-5(9(15)16)13-10(17)14-8-6(11)3-2-4-7(8)12/h2-5H,1H3,(H,15,16)(H2,13,14,17)/t5-/m0/s1. The highest BCUT2D eigenvalue weighted by Crippen LogP contribution is 2.29. The Labute approximate surface area is 108 Å². The minimum absolute atomic E-state index is 0.242. The normalized spacial score (nSPS) is 11.7. The molecule has 3 N–H and O–H groups in total. The summed E-state index contributed by atoms with van der Waals surface area (Å²) in [6.07, 6.45) is 0. The third-order valence-electron chi connectivity index (χ3n) is 1.92. The van der Waals surface area contributed by atoms with Gasteiger partial charge in [0.15, 0.2) is 0 Å². The lowest BCUT2D eigenvalue weighted by atomic mass is 10.3. The number of anilines is 1. The fourth-order valence-electron chi connectivity index (χ4n) is 1.03. The molecule has 92 valence electrons. The zero-order valence-electron chi connectivity index (χ0n) is 8.83. The van der Waals surface area contributed by atoms with Gasteiger partial charge in [0.2, 0.25) is 0 Å². The van der Waals surface area contributed by atoms with Gasteiger partial charge in [-0.15, -0.1) is 0 Å². The number of carboxylic acids is 1. The van der Waals surface area contributed by atoms with E-state index in [1.165, 1.54) is 6.92 Å². The van der Waals surface area contributed by atoms with Gasteiger partial charge >= 0.3 is 12.0 Å². The van der Waals surface area contributed by atoms with E-state index in [0.29, 0.717) is 0 Å². The van der Waals surface area contributed by atoms with Crippen LogP contribution in [0.2, 0.25) is 10.0 Å². The van der Waals surface area contributed by atoms with Gasteiger partial charge in [-0.25, -0.2) is 4.79 Å². The summed E-state index contributed by atoms with van der Waals surface area (Å²) in [5.41, 5.74) is 0.242. The van der Waals surface area contributed by atoms with Crippen molar-refractivity contribution in [3.05, 3.63) is 28.2 Å². The molecule has 0 aromatic heterocycles. The number of benzene rings is 1. The van der Waals surface area contributed by atoms with Gasteiger partial charge in [-0.05, 0) is 19.1 Å². The molecule has 5 nitrogen and oxygen atoms in total. The van der Waals surface area contributed by atoms with Crippen molar-refractivity contribution in [3.63, 3.8) is 0 Å². The minimum Gasteiger partial charge on any atom is -0.480 e. The molecule has 0 radical (unpaired) electrons. The molecule has 0 aliphatic heterocycles. The first kappa shape index (κ1) is 13.6. The fourth-order valence-corrected chi connectivity index (χ4v) is 1.52. The molecule has 0 unspecified atom stereocenters. The van der Waals surface area contributed by atoms with Crippen LogP contribution in [0.3, 0.4) is 0 Å². The molecular formula is C10H10Cl2N2O3. The first-order valence-electron chi connectivity index (χ1n) is 4.66. The van der Waals surface area contributed by atoms with Crippen LogP contribution in [-0.4, -0.2) is 23.1 Å². The van der Waals surface area contributed by atoms with Crippen molar-refractivity contribution in [2.75, 3.05) is 5.32 Å². The third kappa shape index (κ3) is 3.80. The second kappa shape index (κ2) is 5.75. The maximum atomic E-state index is 11.4. The largest absolute Gasteiger partial charge is 0.480 e. The van der Waals surface area contributed by atoms with Crippen molar-refractivity contribution in [1.29, 1.82) is 0 Å². The van der Waals surface area contributed by atoms with E-state index in [9.17, 15) is 9.59 Å². The second-order valence-electron chi connectivity index (χ2n) is 3.26. The predicted octanol–water partition coefficient (Wildman–Crippen LogP) is 2.59. The van der Waals surface area contributed by atoms with Crippen LogP contribution in [-0.2, 0) is 4.79 Å². The number of hydrogen-bond acceptors (Lipinski definition) is 2. The number of carbonyl (C=O) groups excluding carboxylic acids is 1. The summed E-state index contributed by atoms with van der Waals surface area (Å²) in [5.74, 6) is -1.13. The highest BCUT2D eigenvalue weighted by Gasteiger charge is 2.15. The number of halogens is 2. The van der Waals surface area contributed by atoms with Crippen LogP contribution in [0.25, 0.3) is 0 Å². The van der Waals surface area contributed by atoms with Gasteiger partial charge in [0.1, 0.15) is 6.04 Å². The highest BCUT2D eigenvalue weighted by atomic mass is 35.5. The van der Waals surface area contributed by atoms with Crippen molar-refractivity contribution in [2.45, 2.75) is 13.0 Å². The maximum absolute atomic E-state index is 11.4. The Morgan fingerprint density at radius 3 is 2.29 bits per heavy atom. The van der Waals surface area contributed by atoms with Crippen molar-refractivity contribution >= 4 is 40.9 Å². The monoisotopic (exact) mass is 276 g/mol. The van der Waals surface area contributed by atoms with Gasteiger partial charge < -0.3 is 15.7 Å². The number of hydrogen-bond donors (Lipinski definition) is 3. The molecule has 7 heteroatoms. The molecule has 1 atom stereocenters. The lowest BCUT2D eigenvalue weighted by Crippen LogP contribution is -2.40. The van der Waals surface area contributed by atoms with E-state index in [1.54, 1.807) is 18.2 Å². The number of carboxylic acid groups (broad SMARTS) is 1. The summed E-state index contributed by atoms with van der Waals surface area (Å²) in [4.78, 5) is 22.0. The Kier molecular flexibility index (Phi) is 4.60. The molecule has 1 rings (SSSR count). The van der Waals surface area contributed by atoms with Crippen LogP contribution >= 0.6 is 23.2 Å². The summed E-state index contributed by atoms with van der Waals surface area (Å²) >= 11 is 11.7. The van der Waals surface area contributed by atoms with Crippen LogP contribution in [0.15, 0.2) is 18.2 Å². The zero-order chi connectivity index (χ0) is 13.0. The number of para-hydroxylation sites is 1. The molecule has 17 heavy (non-hydrogen) atoms. The van der Waals surface area contributed by atoms with E-state index < -0.39 is 18.0 Å². The molecule has 0 aliphatic carbocycles.